The van der Waals surface area contributed by atoms with Crippen LogP contribution in [0.25, 0.3) is 0 Å². The summed E-state index contributed by atoms with van der Waals surface area (Å²) < 4.78 is 22.5. The molecule has 0 radical (unpaired) electrons. The van der Waals surface area contributed by atoms with Crippen LogP contribution in [0.1, 0.15) is 34.1 Å². The van der Waals surface area contributed by atoms with Crippen molar-refractivity contribution < 1.29 is 22.8 Å². The maximum Gasteiger partial charge on any atom is 0.501 e. The van der Waals surface area contributed by atoms with Crippen LogP contribution in [0.3, 0.4) is 0 Å². The Balaban J connectivity index is 4.02. The highest BCUT2D eigenvalue weighted by molar-refractivity contribution is 6.60. The predicted molar refractivity (Wildman–Crippen MR) is 79.6 cm³/mol. The molecule has 0 spiro atoms. The number of amides is 1. The molecule has 0 rings (SSSR count). The van der Waals surface area contributed by atoms with Gasteiger partial charge in [-0.25, -0.2) is 0 Å². The highest BCUT2D eigenvalue weighted by atomic mass is 28.4. The van der Waals surface area contributed by atoms with Gasteiger partial charge in [0.15, 0.2) is 0 Å². The third kappa shape index (κ3) is 8.65. The summed E-state index contributed by atoms with van der Waals surface area (Å²) in [6.45, 7) is 10.6. The third-order valence-electron chi connectivity index (χ3n) is 2.47. The first kappa shape index (κ1) is 19.5. The summed E-state index contributed by atoms with van der Waals surface area (Å²) in [5, 5.41) is 2.68. The highest BCUT2D eigenvalue weighted by Gasteiger charge is 2.39. The molecule has 0 fully saturated rings. The normalized spacial score (nSPS) is 11.6. The Labute approximate surface area is 123 Å². The minimum absolute atomic E-state index is 0.0876. The van der Waals surface area contributed by atoms with E-state index in [0.717, 1.165) is 6.42 Å². The lowest BCUT2D eigenvalue weighted by molar-refractivity contribution is -0.125. The second-order valence-electron chi connectivity index (χ2n) is 4.09. The zero-order valence-electron chi connectivity index (χ0n) is 13.2. The van der Waals surface area contributed by atoms with Crippen LogP contribution in [0.2, 0.25) is 6.04 Å². The fourth-order valence-corrected chi connectivity index (χ4v) is 4.38. The van der Waals surface area contributed by atoms with E-state index in [4.69, 9.17) is 18.0 Å². The van der Waals surface area contributed by atoms with E-state index in [1.165, 1.54) is 0 Å². The minimum Gasteiger partial charge on any atom is -0.374 e. The summed E-state index contributed by atoms with van der Waals surface area (Å²) in [7, 11) is -2.57. The average Bonchev–Trinajstić information content (AvgIpc) is 2.39. The van der Waals surface area contributed by atoms with Gasteiger partial charge in [0.2, 0.25) is 5.91 Å². The van der Waals surface area contributed by atoms with Crippen LogP contribution in [-0.2, 0) is 22.8 Å². The molecule has 0 saturated carbocycles. The van der Waals surface area contributed by atoms with Gasteiger partial charge in [-0.2, -0.15) is 0 Å². The fourth-order valence-electron chi connectivity index (χ4n) is 1.81. The summed E-state index contributed by atoms with van der Waals surface area (Å²) in [4.78, 5) is 11.2. The molecule has 0 saturated heterocycles. The van der Waals surface area contributed by atoms with Crippen LogP contribution in [0, 0.1) is 0 Å². The number of hydrogen-bond acceptors (Lipinski definition) is 5. The molecule has 0 aromatic carbocycles. The summed E-state index contributed by atoms with van der Waals surface area (Å²) in [6, 6.07) is 0.706. The van der Waals surface area contributed by atoms with E-state index >= 15 is 0 Å². The molecule has 0 aliphatic carbocycles. The van der Waals surface area contributed by atoms with E-state index in [0.29, 0.717) is 39.0 Å². The fraction of sp³-hybridized carbons (Fsp3) is 0.923. The molecule has 0 aromatic rings. The molecule has 1 N–H and O–H groups in total. The maximum absolute atomic E-state index is 11.2. The van der Waals surface area contributed by atoms with Crippen molar-refractivity contribution >= 4 is 14.7 Å². The van der Waals surface area contributed by atoms with Crippen molar-refractivity contribution in [2.75, 3.05) is 39.6 Å². The average molecular weight is 307 g/mol. The zero-order chi connectivity index (χ0) is 15.3. The largest absolute Gasteiger partial charge is 0.501 e. The van der Waals surface area contributed by atoms with Gasteiger partial charge in [-0.15, -0.1) is 0 Å². The van der Waals surface area contributed by atoms with Gasteiger partial charge < -0.3 is 23.3 Å². The van der Waals surface area contributed by atoms with Crippen LogP contribution in [0.15, 0.2) is 0 Å². The molecule has 7 heteroatoms. The quantitative estimate of drug-likeness (QED) is 0.413. The van der Waals surface area contributed by atoms with Gasteiger partial charge in [0, 0.05) is 39.0 Å². The zero-order valence-corrected chi connectivity index (χ0v) is 14.2. The number of hydrogen-bond donors (Lipinski definition) is 1. The van der Waals surface area contributed by atoms with Crippen LogP contribution in [0.5, 0.6) is 0 Å². The lowest BCUT2D eigenvalue weighted by Crippen LogP contribution is -2.46. The van der Waals surface area contributed by atoms with Gasteiger partial charge in [-0.1, -0.05) is 0 Å². The Morgan fingerprint density at radius 2 is 1.55 bits per heavy atom. The number of nitrogens with one attached hydrogen (secondary N) is 1. The van der Waals surface area contributed by atoms with E-state index in [1.54, 1.807) is 0 Å². The predicted octanol–water partition coefficient (Wildman–Crippen LogP) is 1.58. The van der Waals surface area contributed by atoms with E-state index in [9.17, 15) is 4.79 Å². The van der Waals surface area contributed by atoms with E-state index in [1.807, 2.05) is 27.7 Å². The van der Waals surface area contributed by atoms with Crippen molar-refractivity contribution in [2.24, 2.45) is 0 Å². The first-order valence-electron chi connectivity index (χ1n) is 7.40. The molecule has 0 unspecified atom stereocenters. The Hall–Kier alpha value is -0.473. The van der Waals surface area contributed by atoms with E-state index < -0.39 is 8.80 Å². The second-order valence-corrected chi connectivity index (χ2v) is 6.82. The van der Waals surface area contributed by atoms with Crippen molar-refractivity contribution in [3.05, 3.63) is 0 Å². The lowest BCUT2D eigenvalue weighted by Gasteiger charge is -2.28. The lowest BCUT2D eigenvalue weighted by atomic mass is 10.5. The molecule has 0 atom stereocenters. The number of carbonyl (C=O) groups excluding carboxylic acids is 1. The van der Waals surface area contributed by atoms with Gasteiger partial charge in [0.05, 0.1) is 0 Å². The van der Waals surface area contributed by atoms with Crippen LogP contribution >= 0.6 is 0 Å². The molecule has 0 aromatic heterocycles. The smallest absolute Gasteiger partial charge is 0.374 e. The van der Waals surface area contributed by atoms with Gasteiger partial charge in [0.25, 0.3) is 0 Å². The first-order valence-corrected chi connectivity index (χ1v) is 9.33. The standard InChI is InChI=1S/C13H29NO5Si/c1-5-14-13(15)12-16-10-9-11-20(17-6-2,18-7-3)19-8-4/h5-12H2,1-4H3,(H,14,15). The van der Waals surface area contributed by atoms with Crippen molar-refractivity contribution in [1.29, 1.82) is 0 Å². The maximum atomic E-state index is 11.2. The summed E-state index contributed by atoms with van der Waals surface area (Å²) >= 11 is 0. The van der Waals surface area contributed by atoms with Crippen LogP contribution in [0.4, 0.5) is 0 Å². The van der Waals surface area contributed by atoms with Gasteiger partial charge >= 0.3 is 8.80 Å². The van der Waals surface area contributed by atoms with Crippen LogP contribution in [-0.4, -0.2) is 54.3 Å². The molecule has 1 amide bonds. The summed E-state index contributed by atoms with van der Waals surface area (Å²) in [5.74, 6) is -0.0876. The van der Waals surface area contributed by atoms with E-state index in [2.05, 4.69) is 5.32 Å². The number of ether oxygens (including phenoxy) is 1. The van der Waals surface area contributed by atoms with Crippen molar-refractivity contribution in [1.82, 2.24) is 5.32 Å². The topological polar surface area (TPSA) is 66.0 Å². The molecular weight excluding hydrogens is 278 g/mol. The molecule has 0 aliphatic rings. The first-order chi connectivity index (χ1) is 9.64. The number of carbonyl (C=O) groups is 1. The van der Waals surface area contributed by atoms with Gasteiger partial charge in [0.1, 0.15) is 6.61 Å². The molecule has 0 aliphatic heterocycles. The highest BCUT2D eigenvalue weighted by Crippen LogP contribution is 2.18. The molecule has 0 bridgehead atoms. The van der Waals surface area contributed by atoms with Gasteiger partial charge in [-0.3, -0.25) is 4.79 Å². The molecule has 120 valence electrons. The Morgan fingerprint density at radius 3 is 2.00 bits per heavy atom. The van der Waals surface area contributed by atoms with Crippen LogP contribution < -0.4 is 5.32 Å². The summed E-state index contributed by atoms with van der Waals surface area (Å²) in [5.41, 5.74) is 0. The molecule has 20 heavy (non-hydrogen) atoms. The van der Waals surface area contributed by atoms with Crippen molar-refractivity contribution in [2.45, 2.75) is 40.2 Å². The number of likely N-dealkylation sites (N-methyl/N-ethyl adjacent to an activating group) is 1. The Kier molecular flexibility index (Phi) is 12.0. The monoisotopic (exact) mass is 307 g/mol. The third-order valence-corrected chi connectivity index (χ3v) is 5.62. The van der Waals surface area contributed by atoms with Crippen molar-refractivity contribution in [3.8, 4) is 0 Å². The number of rotatable bonds is 13. The Bertz CT molecular complexity index is 236. The van der Waals surface area contributed by atoms with Gasteiger partial charge in [-0.05, 0) is 34.1 Å². The Morgan fingerprint density at radius 1 is 1.00 bits per heavy atom. The molecular formula is C13H29NO5Si. The minimum atomic E-state index is -2.57. The SMILES string of the molecule is CCNC(=O)COCCC[Si](OCC)(OCC)OCC. The molecule has 6 nitrogen and oxygen atoms in total. The second kappa shape index (κ2) is 12.3. The van der Waals surface area contributed by atoms with E-state index in [-0.39, 0.29) is 12.5 Å². The summed E-state index contributed by atoms with van der Waals surface area (Å²) in [6.07, 6.45) is 0.756. The van der Waals surface area contributed by atoms with Crippen molar-refractivity contribution in [3.63, 3.8) is 0 Å². The molecule has 0 heterocycles.